The molecule has 2 aromatic carbocycles. The second-order valence-electron chi connectivity index (χ2n) is 7.63. The molecule has 0 saturated heterocycles. The van der Waals surface area contributed by atoms with Crippen LogP contribution in [0.4, 0.5) is 0 Å². The molecule has 166 valence electrons. The maximum Gasteiger partial charge on any atom is 0.414 e. The predicted molar refractivity (Wildman–Crippen MR) is 123 cm³/mol. The number of aliphatic carboxylic acids is 2. The van der Waals surface area contributed by atoms with Gasteiger partial charge in [0.1, 0.15) is 0 Å². The van der Waals surface area contributed by atoms with Gasteiger partial charge in [0.05, 0.1) is 17.6 Å². The van der Waals surface area contributed by atoms with E-state index in [2.05, 4.69) is 82.4 Å². The van der Waals surface area contributed by atoms with Crippen molar-refractivity contribution in [3.05, 3.63) is 89.8 Å². The lowest BCUT2D eigenvalue weighted by atomic mass is 9.92. The second-order valence-corrected chi connectivity index (χ2v) is 7.63. The lowest BCUT2D eigenvalue weighted by Gasteiger charge is -2.19. The van der Waals surface area contributed by atoms with Gasteiger partial charge in [-0.25, -0.2) is 14.3 Å². The molecule has 7 heteroatoms. The van der Waals surface area contributed by atoms with Crippen LogP contribution in [0.1, 0.15) is 29.7 Å². The minimum absolute atomic E-state index is 0.959. The number of carbonyl (C=O) groups is 2. The van der Waals surface area contributed by atoms with Gasteiger partial charge in [-0.15, -0.1) is 0 Å². The van der Waals surface area contributed by atoms with E-state index in [9.17, 15) is 0 Å². The fourth-order valence-corrected chi connectivity index (χ4v) is 3.69. The number of carboxylic acid groups (broad SMARTS) is 2. The van der Waals surface area contributed by atoms with E-state index in [0.717, 1.165) is 31.6 Å². The summed E-state index contributed by atoms with van der Waals surface area (Å²) in [6, 6.07) is 21.1. The van der Waals surface area contributed by atoms with Crippen LogP contribution in [0.3, 0.4) is 0 Å². The molecule has 7 nitrogen and oxygen atoms in total. The molecular weight excluding hydrogens is 406 g/mol. The number of carboxylic acids is 2. The Morgan fingerprint density at radius 1 is 1.00 bits per heavy atom. The standard InChI is InChI=1S/C23H25N3.C2H2O4/c1-25(18-19-9-4-2-5-10-19)16-15-20-11-8-14-23-22(20)17-24-26(23)21-12-6-3-7-13-21;3-1(4)2(5)6/h2-7,9-10,12-13,15,17H,8,11,14,16,18H2,1H3;(H,3,4)(H,5,6)/b20-15+;. The zero-order chi connectivity index (χ0) is 22.9. The van der Waals surface area contributed by atoms with Crippen LogP contribution in [0.15, 0.2) is 72.9 Å². The third-order valence-electron chi connectivity index (χ3n) is 5.20. The van der Waals surface area contributed by atoms with Crippen LogP contribution in [0.5, 0.6) is 0 Å². The molecule has 4 rings (SSSR count). The van der Waals surface area contributed by atoms with Gasteiger partial charge in [0.15, 0.2) is 0 Å². The maximum atomic E-state index is 9.10. The predicted octanol–water partition coefficient (Wildman–Crippen LogP) is 3.88. The summed E-state index contributed by atoms with van der Waals surface area (Å²) in [6.07, 6.45) is 7.87. The van der Waals surface area contributed by atoms with Crippen molar-refractivity contribution >= 4 is 17.5 Å². The average Bonchev–Trinajstić information content (AvgIpc) is 3.24. The summed E-state index contributed by atoms with van der Waals surface area (Å²) in [4.78, 5) is 20.6. The number of benzene rings is 2. The Kier molecular flexibility index (Phi) is 7.94. The van der Waals surface area contributed by atoms with E-state index in [4.69, 9.17) is 19.8 Å². The van der Waals surface area contributed by atoms with Crippen molar-refractivity contribution in [2.75, 3.05) is 13.6 Å². The third-order valence-corrected chi connectivity index (χ3v) is 5.20. The molecule has 0 spiro atoms. The number of aromatic nitrogens is 2. The summed E-state index contributed by atoms with van der Waals surface area (Å²) in [7, 11) is 2.18. The molecule has 0 aliphatic heterocycles. The summed E-state index contributed by atoms with van der Waals surface area (Å²) in [6.45, 7) is 1.93. The van der Waals surface area contributed by atoms with Crippen molar-refractivity contribution in [1.29, 1.82) is 0 Å². The van der Waals surface area contributed by atoms with Gasteiger partial charge in [0, 0.05) is 18.7 Å². The topological polar surface area (TPSA) is 95.7 Å². The fraction of sp³-hybridized carbons (Fsp3) is 0.240. The van der Waals surface area contributed by atoms with E-state index < -0.39 is 11.9 Å². The number of para-hydroxylation sites is 1. The van der Waals surface area contributed by atoms with Gasteiger partial charge >= 0.3 is 11.9 Å². The second kappa shape index (κ2) is 11.1. The molecule has 2 N–H and O–H groups in total. The Morgan fingerprint density at radius 3 is 2.25 bits per heavy atom. The van der Waals surface area contributed by atoms with Gasteiger partial charge in [0.25, 0.3) is 0 Å². The van der Waals surface area contributed by atoms with Crippen LogP contribution < -0.4 is 0 Å². The Hall–Kier alpha value is -3.71. The Labute approximate surface area is 187 Å². The summed E-state index contributed by atoms with van der Waals surface area (Å²) < 4.78 is 2.11. The molecule has 0 fully saturated rings. The quantitative estimate of drug-likeness (QED) is 0.593. The van der Waals surface area contributed by atoms with E-state index in [-0.39, 0.29) is 0 Å². The largest absolute Gasteiger partial charge is 0.473 e. The van der Waals surface area contributed by atoms with Gasteiger partial charge in [-0.05, 0) is 49.6 Å². The number of fused-ring (bicyclic) bond motifs is 1. The zero-order valence-corrected chi connectivity index (χ0v) is 18.0. The number of rotatable bonds is 5. The van der Waals surface area contributed by atoms with E-state index >= 15 is 0 Å². The van der Waals surface area contributed by atoms with Crippen molar-refractivity contribution in [2.45, 2.75) is 25.8 Å². The van der Waals surface area contributed by atoms with E-state index in [1.165, 1.54) is 28.8 Å². The first kappa shape index (κ1) is 23.0. The molecule has 0 atom stereocenters. The molecule has 1 heterocycles. The molecule has 0 bridgehead atoms. The summed E-state index contributed by atoms with van der Waals surface area (Å²) in [5, 5.41) is 19.5. The third kappa shape index (κ3) is 6.15. The lowest BCUT2D eigenvalue weighted by Crippen LogP contribution is -2.18. The highest BCUT2D eigenvalue weighted by molar-refractivity contribution is 6.27. The van der Waals surface area contributed by atoms with E-state index in [1.54, 1.807) is 0 Å². The highest BCUT2D eigenvalue weighted by Crippen LogP contribution is 2.31. The molecule has 1 aromatic heterocycles. The van der Waals surface area contributed by atoms with Crippen molar-refractivity contribution in [3.8, 4) is 5.69 Å². The monoisotopic (exact) mass is 433 g/mol. The van der Waals surface area contributed by atoms with Crippen LogP contribution in [0.25, 0.3) is 11.3 Å². The zero-order valence-electron chi connectivity index (χ0n) is 18.0. The minimum Gasteiger partial charge on any atom is -0.473 e. The molecule has 0 saturated carbocycles. The van der Waals surface area contributed by atoms with Crippen LogP contribution >= 0.6 is 0 Å². The molecule has 0 amide bonds. The van der Waals surface area contributed by atoms with Crippen LogP contribution in [0.2, 0.25) is 0 Å². The van der Waals surface area contributed by atoms with Gasteiger partial charge in [-0.3, -0.25) is 4.90 Å². The first-order valence-electron chi connectivity index (χ1n) is 10.5. The molecule has 32 heavy (non-hydrogen) atoms. The highest BCUT2D eigenvalue weighted by atomic mass is 16.4. The Balaban J connectivity index is 0.000000427. The number of likely N-dealkylation sites (N-methyl/N-ethyl adjacent to an activating group) is 1. The molecule has 0 radical (unpaired) electrons. The molecule has 3 aromatic rings. The first-order valence-corrected chi connectivity index (χ1v) is 10.5. The smallest absolute Gasteiger partial charge is 0.414 e. The Morgan fingerprint density at radius 2 is 1.62 bits per heavy atom. The molecule has 1 aliphatic rings. The molecular formula is C25H27N3O4. The number of hydrogen-bond donors (Lipinski definition) is 2. The van der Waals surface area contributed by atoms with Crippen molar-refractivity contribution < 1.29 is 19.8 Å². The minimum atomic E-state index is -1.82. The average molecular weight is 434 g/mol. The van der Waals surface area contributed by atoms with Gasteiger partial charge in [0.2, 0.25) is 0 Å². The van der Waals surface area contributed by atoms with Crippen molar-refractivity contribution in [1.82, 2.24) is 14.7 Å². The van der Waals surface area contributed by atoms with Gasteiger partial charge in [-0.1, -0.05) is 54.6 Å². The fourth-order valence-electron chi connectivity index (χ4n) is 3.69. The molecule has 1 aliphatic carbocycles. The van der Waals surface area contributed by atoms with Crippen LogP contribution in [-0.2, 0) is 22.6 Å². The summed E-state index contributed by atoms with van der Waals surface area (Å²) >= 11 is 0. The normalized spacial score (nSPS) is 13.9. The Bertz CT molecular complexity index is 1060. The number of hydrogen-bond acceptors (Lipinski definition) is 4. The summed E-state index contributed by atoms with van der Waals surface area (Å²) in [5.41, 5.74) is 6.62. The van der Waals surface area contributed by atoms with Crippen molar-refractivity contribution in [2.24, 2.45) is 0 Å². The first-order chi connectivity index (χ1) is 15.5. The van der Waals surface area contributed by atoms with E-state index in [0.29, 0.717) is 0 Å². The lowest BCUT2D eigenvalue weighted by molar-refractivity contribution is -0.159. The van der Waals surface area contributed by atoms with Gasteiger partial charge in [-0.2, -0.15) is 5.10 Å². The van der Waals surface area contributed by atoms with Gasteiger partial charge < -0.3 is 10.2 Å². The number of allylic oxidation sites excluding steroid dienone is 1. The van der Waals surface area contributed by atoms with Crippen molar-refractivity contribution in [3.63, 3.8) is 0 Å². The molecule has 0 unspecified atom stereocenters. The highest BCUT2D eigenvalue weighted by Gasteiger charge is 2.19. The SMILES string of the molecule is CN(C/C=C1\CCCc2c1cnn2-c1ccccc1)Cc1ccccc1.O=C(O)C(=O)O. The summed E-state index contributed by atoms with van der Waals surface area (Å²) in [5.74, 6) is -3.65. The van der Waals surface area contributed by atoms with Crippen LogP contribution in [-0.4, -0.2) is 50.4 Å². The number of nitrogens with zero attached hydrogens (tertiary/aromatic N) is 3. The maximum absolute atomic E-state index is 9.10. The van der Waals surface area contributed by atoms with Crippen LogP contribution in [0, 0.1) is 0 Å². The van der Waals surface area contributed by atoms with E-state index in [1.807, 2.05) is 12.3 Å².